The first kappa shape index (κ1) is 17.6. The van der Waals surface area contributed by atoms with Crippen LogP contribution in [0.1, 0.15) is 34.1 Å². The van der Waals surface area contributed by atoms with Crippen LogP contribution < -0.4 is 9.44 Å². The van der Waals surface area contributed by atoms with Gasteiger partial charge in [0.15, 0.2) is 0 Å². The molecule has 9 heteroatoms. The largest absolute Gasteiger partial charge is 0.481 e. The van der Waals surface area contributed by atoms with Crippen molar-refractivity contribution in [2.24, 2.45) is 5.41 Å². The van der Waals surface area contributed by atoms with Crippen molar-refractivity contribution in [3.8, 4) is 0 Å². The van der Waals surface area contributed by atoms with Crippen LogP contribution in [0.3, 0.4) is 0 Å². The van der Waals surface area contributed by atoms with Crippen molar-refractivity contribution >= 4 is 22.3 Å². The van der Waals surface area contributed by atoms with Gasteiger partial charge in [-0.2, -0.15) is 13.1 Å². The Labute approximate surface area is 112 Å². The van der Waals surface area contributed by atoms with Gasteiger partial charge in [0.2, 0.25) is 0 Å². The molecule has 1 unspecified atom stereocenters. The summed E-state index contributed by atoms with van der Waals surface area (Å²) in [6.45, 7) is 6.62. The predicted octanol–water partition coefficient (Wildman–Crippen LogP) is 0.456. The highest BCUT2D eigenvalue weighted by molar-refractivity contribution is 7.88. The Hall–Kier alpha value is -1.35. The topological polar surface area (TPSA) is 122 Å². The average molecular weight is 296 g/mol. The lowest BCUT2D eigenvalue weighted by Crippen LogP contribution is -2.50. The number of rotatable bonds is 6. The van der Waals surface area contributed by atoms with Crippen molar-refractivity contribution in [3.05, 3.63) is 0 Å². The van der Waals surface area contributed by atoms with E-state index in [0.29, 0.717) is 0 Å². The molecule has 1 amide bonds. The van der Waals surface area contributed by atoms with E-state index in [1.54, 1.807) is 25.5 Å². The molecule has 0 aromatic rings. The molecule has 0 aliphatic carbocycles. The van der Waals surface area contributed by atoms with Crippen molar-refractivity contribution < 1.29 is 27.9 Å². The molecule has 112 valence electrons. The van der Waals surface area contributed by atoms with Crippen LogP contribution in [0.15, 0.2) is 0 Å². The molecule has 0 saturated heterocycles. The van der Waals surface area contributed by atoms with Crippen molar-refractivity contribution in [1.29, 1.82) is 0 Å². The van der Waals surface area contributed by atoms with E-state index in [4.69, 9.17) is 5.11 Å². The second kappa shape index (κ2) is 6.71. The number of carboxylic acids is 1. The highest BCUT2D eigenvalue weighted by Gasteiger charge is 2.31. The molecule has 0 bridgehead atoms. The lowest BCUT2D eigenvalue weighted by molar-refractivity contribution is -0.138. The van der Waals surface area contributed by atoms with E-state index in [-0.39, 0.29) is 6.61 Å². The monoisotopic (exact) mass is 296 g/mol. The molecule has 0 rings (SSSR count). The van der Waals surface area contributed by atoms with Gasteiger partial charge >= 0.3 is 22.3 Å². The first-order chi connectivity index (χ1) is 8.48. The molecule has 19 heavy (non-hydrogen) atoms. The van der Waals surface area contributed by atoms with Crippen LogP contribution in [0, 0.1) is 5.41 Å². The number of carbonyl (C=O) groups is 2. The molecule has 0 heterocycles. The summed E-state index contributed by atoms with van der Waals surface area (Å²) in [5.41, 5.74) is -0.623. The summed E-state index contributed by atoms with van der Waals surface area (Å²) < 4.78 is 31.5. The summed E-state index contributed by atoms with van der Waals surface area (Å²) in [7, 11) is -4.17. The van der Waals surface area contributed by atoms with Crippen LogP contribution in [-0.2, 0) is 19.7 Å². The third-order valence-corrected chi connectivity index (χ3v) is 3.24. The number of carboxylic acid groups (broad SMARTS) is 1. The van der Waals surface area contributed by atoms with Crippen LogP contribution in [0.4, 0.5) is 4.79 Å². The quantitative estimate of drug-likeness (QED) is 0.654. The van der Waals surface area contributed by atoms with Crippen LogP contribution in [0.25, 0.3) is 0 Å². The van der Waals surface area contributed by atoms with E-state index in [1.807, 2.05) is 0 Å². The van der Waals surface area contributed by atoms with Crippen LogP contribution in [0.5, 0.6) is 0 Å². The zero-order valence-electron chi connectivity index (χ0n) is 11.4. The number of carbonyl (C=O) groups excluding carboxylic acids is 1. The standard InChI is InChI=1S/C10H20N2O6S/c1-5-18-9(15)12-19(16,17)11-7(6-8(13)14)10(2,3)4/h7,11H,5-6H2,1-4H3,(H,12,15)(H,13,14). The number of hydrogen-bond donors (Lipinski definition) is 3. The van der Waals surface area contributed by atoms with Crippen LogP contribution in [0.2, 0.25) is 0 Å². The minimum absolute atomic E-state index is 0.0270. The van der Waals surface area contributed by atoms with E-state index >= 15 is 0 Å². The third-order valence-electron chi connectivity index (χ3n) is 2.21. The zero-order valence-corrected chi connectivity index (χ0v) is 12.2. The summed E-state index contributed by atoms with van der Waals surface area (Å²) in [6, 6.07) is -0.864. The molecule has 0 saturated carbocycles. The van der Waals surface area contributed by atoms with Gasteiger partial charge in [-0.3, -0.25) is 4.79 Å². The number of hydrogen-bond acceptors (Lipinski definition) is 5. The maximum atomic E-state index is 11.6. The van der Waals surface area contributed by atoms with E-state index < -0.39 is 40.1 Å². The second-order valence-corrected chi connectivity index (χ2v) is 6.41. The molecule has 0 radical (unpaired) electrons. The Balaban J connectivity index is 4.83. The molecule has 0 spiro atoms. The predicted molar refractivity (Wildman–Crippen MR) is 67.7 cm³/mol. The van der Waals surface area contributed by atoms with Gasteiger partial charge in [0.05, 0.1) is 13.0 Å². The Kier molecular flexibility index (Phi) is 6.23. The van der Waals surface area contributed by atoms with Crippen molar-refractivity contribution in [3.63, 3.8) is 0 Å². The van der Waals surface area contributed by atoms with Crippen molar-refractivity contribution in [2.75, 3.05) is 6.61 Å². The highest BCUT2D eigenvalue weighted by atomic mass is 32.2. The molecule has 8 nitrogen and oxygen atoms in total. The van der Waals surface area contributed by atoms with Gasteiger partial charge < -0.3 is 9.84 Å². The highest BCUT2D eigenvalue weighted by Crippen LogP contribution is 2.22. The van der Waals surface area contributed by atoms with E-state index in [0.717, 1.165) is 0 Å². The van der Waals surface area contributed by atoms with Gasteiger partial charge in [0, 0.05) is 6.04 Å². The van der Waals surface area contributed by atoms with Gasteiger partial charge in [0.25, 0.3) is 0 Å². The molecule has 0 aromatic heterocycles. The second-order valence-electron chi connectivity index (χ2n) is 4.96. The SMILES string of the molecule is CCOC(=O)NS(=O)(=O)NC(CC(=O)O)C(C)(C)C. The molecular formula is C10H20N2O6S. The molecule has 1 atom stereocenters. The summed E-state index contributed by atoms with van der Waals surface area (Å²) in [6.07, 6.45) is -1.51. The Morgan fingerprint density at radius 1 is 1.32 bits per heavy atom. The maximum absolute atomic E-state index is 11.6. The lowest BCUT2D eigenvalue weighted by atomic mass is 9.85. The smallest absolute Gasteiger partial charge is 0.421 e. The van der Waals surface area contributed by atoms with Gasteiger partial charge in [0.1, 0.15) is 0 Å². The molecule has 3 N–H and O–H groups in total. The molecular weight excluding hydrogens is 276 g/mol. The van der Waals surface area contributed by atoms with Crippen LogP contribution >= 0.6 is 0 Å². The summed E-state index contributed by atoms with van der Waals surface area (Å²) >= 11 is 0. The minimum atomic E-state index is -4.17. The summed E-state index contributed by atoms with van der Waals surface area (Å²) in [5, 5.41) is 8.76. The van der Waals surface area contributed by atoms with E-state index in [2.05, 4.69) is 9.46 Å². The van der Waals surface area contributed by atoms with Crippen LogP contribution in [-0.4, -0.2) is 38.2 Å². The fourth-order valence-electron chi connectivity index (χ4n) is 1.19. The normalized spacial score (nSPS) is 13.7. The van der Waals surface area contributed by atoms with E-state index in [9.17, 15) is 18.0 Å². The number of ether oxygens (including phenoxy) is 1. The first-order valence-electron chi connectivity index (χ1n) is 5.66. The molecule has 0 aliphatic rings. The fourth-order valence-corrected chi connectivity index (χ4v) is 2.33. The first-order valence-corrected chi connectivity index (χ1v) is 7.15. The number of aliphatic carboxylic acids is 1. The number of nitrogens with one attached hydrogen (secondary N) is 2. The van der Waals surface area contributed by atoms with Crippen molar-refractivity contribution in [1.82, 2.24) is 9.44 Å². The lowest BCUT2D eigenvalue weighted by Gasteiger charge is -2.29. The molecule has 0 fully saturated rings. The third kappa shape index (κ3) is 7.62. The summed E-state index contributed by atoms with van der Waals surface area (Å²) in [4.78, 5) is 21.8. The Morgan fingerprint density at radius 2 is 1.84 bits per heavy atom. The fraction of sp³-hybridized carbons (Fsp3) is 0.800. The number of amides is 1. The zero-order chi connectivity index (χ0) is 15.3. The Bertz CT molecular complexity index is 426. The molecule has 0 aliphatic heterocycles. The Morgan fingerprint density at radius 3 is 2.21 bits per heavy atom. The molecule has 0 aromatic carbocycles. The maximum Gasteiger partial charge on any atom is 0.421 e. The summed E-state index contributed by atoms with van der Waals surface area (Å²) in [5.74, 6) is -1.14. The van der Waals surface area contributed by atoms with Crippen molar-refractivity contribution in [2.45, 2.75) is 40.2 Å². The minimum Gasteiger partial charge on any atom is -0.481 e. The van der Waals surface area contributed by atoms with Gasteiger partial charge in [-0.25, -0.2) is 9.52 Å². The van der Waals surface area contributed by atoms with Gasteiger partial charge in [-0.05, 0) is 12.3 Å². The van der Waals surface area contributed by atoms with Gasteiger partial charge in [-0.1, -0.05) is 20.8 Å². The van der Waals surface area contributed by atoms with E-state index in [1.165, 1.54) is 6.92 Å². The average Bonchev–Trinajstić information content (AvgIpc) is 2.12. The van der Waals surface area contributed by atoms with Gasteiger partial charge in [-0.15, -0.1) is 0 Å².